The fraction of sp³-hybridized carbons (Fsp3) is 0.294. The van der Waals surface area contributed by atoms with Crippen LogP contribution in [0.15, 0.2) is 42.5 Å². The molecule has 0 saturated heterocycles. The third kappa shape index (κ3) is 4.53. The average Bonchev–Trinajstić information content (AvgIpc) is 2.44. The number of nitrogens with one attached hydrogen (secondary N) is 1. The van der Waals surface area contributed by atoms with Gasteiger partial charge in [-0.2, -0.15) is 0 Å². The molecule has 21 heavy (non-hydrogen) atoms. The normalized spacial score (nSPS) is 10.9. The quantitative estimate of drug-likeness (QED) is 0.846. The molecule has 0 spiro atoms. The number of halogens is 2. The summed E-state index contributed by atoms with van der Waals surface area (Å²) in [4.78, 5) is 0. The Labute approximate surface area is 123 Å². The standard InChI is InChI=1S/C17H19F2NO/c1-12(2)10-20-11-13-8-15(18)17(16(19)9-13)21-14-6-4-3-5-7-14/h3-9,12,20H,10-11H2,1-2H3. The summed E-state index contributed by atoms with van der Waals surface area (Å²) in [6.07, 6.45) is 0. The number of hydrogen-bond acceptors (Lipinski definition) is 2. The Hall–Kier alpha value is -1.94. The fourth-order valence-electron chi connectivity index (χ4n) is 1.92. The van der Waals surface area contributed by atoms with Crippen molar-refractivity contribution in [3.8, 4) is 11.5 Å². The highest BCUT2D eigenvalue weighted by atomic mass is 19.1. The molecule has 0 heterocycles. The van der Waals surface area contributed by atoms with Crippen molar-refractivity contribution in [3.05, 3.63) is 59.7 Å². The predicted molar refractivity (Wildman–Crippen MR) is 79.4 cm³/mol. The lowest BCUT2D eigenvalue weighted by atomic mass is 10.1. The van der Waals surface area contributed by atoms with E-state index >= 15 is 0 Å². The highest BCUT2D eigenvalue weighted by Gasteiger charge is 2.13. The predicted octanol–water partition coefficient (Wildman–Crippen LogP) is 4.50. The second-order valence-electron chi connectivity index (χ2n) is 5.33. The summed E-state index contributed by atoms with van der Waals surface area (Å²) >= 11 is 0. The lowest BCUT2D eigenvalue weighted by Gasteiger charge is -2.11. The minimum Gasteiger partial charge on any atom is -0.451 e. The third-order valence-electron chi connectivity index (χ3n) is 2.90. The van der Waals surface area contributed by atoms with Gasteiger partial charge in [0.2, 0.25) is 0 Å². The minimum absolute atomic E-state index is 0.367. The molecule has 0 bridgehead atoms. The van der Waals surface area contributed by atoms with Crippen molar-refractivity contribution in [2.75, 3.05) is 6.54 Å². The van der Waals surface area contributed by atoms with Gasteiger partial charge in [-0.05, 0) is 42.3 Å². The second-order valence-corrected chi connectivity index (χ2v) is 5.33. The van der Waals surface area contributed by atoms with Crippen LogP contribution in [-0.4, -0.2) is 6.54 Å². The number of rotatable bonds is 6. The molecule has 2 nitrogen and oxygen atoms in total. The van der Waals surface area contributed by atoms with Crippen molar-refractivity contribution in [1.82, 2.24) is 5.32 Å². The van der Waals surface area contributed by atoms with Gasteiger partial charge >= 0.3 is 0 Å². The number of hydrogen-bond donors (Lipinski definition) is 1. The molecule has 2 aromatic rings. The van der Waals surface area contributed by atoms with Crippen LogP contribution in [0.4, 0.5) is 8.78 Å². The first-order chi connectivity index (χ1) is 10.1. The molecular weight excluding hydrogens is 272 g/mol. The largest absolute Gasteiger partial charge is 0.451 e. The van der Waals surface area contributed by atoms with Crippen LogP contribution >= 0.6 is 0 Å². The maximum Gasteiger partial charge on any atom is 0.198 e. The van der Waals surface area contributed by atoms with Crippen LogP contribution in [0.25, 0.3) is 0 Å². The van der Waals surface area contributed by atoms with Crippen LogP contribution in [0.1, 0.15) is 19.4 Å². The molecule has 2 aromatic carbocycles. The zero-order chi connectivity index (χ0) is 15.2. The Morgan fingerprint density at radius 3 is 2.24 bits per heavy atom. The van der Waals surface area contributed by atoms with Gasteiger partial charge in [0, 0.05) is 6.54 Å². The Balaban J connectivity index is 2.10. The van der Waals surface area contributed by atoms with E-state index in [9.17, 15) is 8.78 Å². The molecular formula is C17H19F2NO. The number of benzene rings is 2. The van der Waals surface area contributed by atoms with Crippen molar-refractivity contribution in [2.45, 2.75) is 20.4 Å². The molecule has 0 amide bonds. The van der Waals surface area contributed by atoms with Gasteiger partial charge in [0.05, 0.1) is 0 Å². The van der Waals surface area contributed by atoms with Gasteiger partial charge < -0.3 is 10.1 Å². The molecule has 0 aromatic heterocycles. The SMILES string of the molecule is CC(C)CNCc1cc(F)c(Oc2ccccc2)c(F)c1. The molecule has 0 saturated carbocycles. The van der Waals surface area contributed by atoms with E-state index in [1.165, 1.54) is 12.1 Å². The van der Waals surface area contributed by atoms with Gasteiger partial charge in [-0.25, -0.2) is 8.78 Å². The van der Waals surface area contributed by atoms with E-state index in [4.69, 9.17) is 4.74 Å². The molecule has 0 aliphatic heterocycles. The molecule has 112 valence electrons. The lowest BCUT2D eigenvalue weighted by molar-refractivity contribution is 0.406. The summed E-state index contributed by atoms with van der Waals surface area (Å²) in [6, 6.07) is 11.2. The summed E-state index contributed by atoms with van der Waals surface area (Å²) in [7, 11) is 0. The summed E-state index contributed by atoms with van der Waals surface area (Å²) < 4.78 is 33.2. The molecule has 0 aliphatic carbocycles. The summed E-state index contributed by atoms with van der Waals surface area (Å²) in [5.41, 5.74) is 0.561. The van der Waals surface area contributed by atoms with E-state index in [-0.39, 0.29) is 5.75 Å². The van der Waals surface area contributed by atoms with Crippen LogP contribution in [0.5, 0.6) is 11.5 Å². The van der Waals surface area contributed by atoms with Crippen LogP contribution in [0.3, 0.4) is 0 Å². The van der Waals surface area contributed by atoms with E-state index in [1.54, 1.807) is 24.3 Å². The molecule has 0 fully saturated rings. The van der Waals surface area contributed by atoms with E-state index in [1.807, 2.05) is 6.07 Å². The molecule has 4 heteroatoms. The smallest absolute Gasteiger partial charge is 0.198 e. The number of para-hydroxylation sites is 1. The Morgan fingerprint density at radius 1 is 1.05 bits per heavy atom. The molecule has 0 aliphatic rings. The molecule has 0 radical (unpaired) electrons. The maximum atomic E-state index is 14.0. The van der Waals surface area contributed by atoms with E-state index < -0.39 is 11.6 Å². The fourth-order valence-corrected chi connectivity index (χ4v) is 1.92. The second kappa shape index (κ2) is 7.18. The molecule has 2 rings (SSSR count). The van der Waals surface area contributed by atoms with Gasteiger partial charge in [0.25, 0.3) is 0 Å². The zero-order valence-corrected chi connectivity index (χ0v) is 12.2. The van der Waals surface area contributed by atoms with Crippen molar-refractivity contribution >= 4 is 0 Å². The first kappa shape index (κ1) is 15.4. The topological polar surface area (TPSA) is 21.3 Å². The van der Waals surface area contributed by atoms with Gasteiger partial charge in [-0.15, -0.1) is 0 Å². The van der Waals surface area contributed by atoms with Gasteiger partial charge in [-0.1, -0.05) is 32.0 Å². The Morgan fingerprint density at radius 2 is 1.67 bits per heavy atom. The van der Waals surface area contributed by atoms with Crippen molar-refractivity contribution in [1.29, 1.82) is 0 Å². The van der Waals surface area contributed by atoms with Gasteiger partial charge in [0.1, 0.15) is 5.75 Å². The first-order valence-corrected chi connectivity index (χ1v) is 6.98. The summed E-state index contributed by atoms with van der Waals surface area (Å²) in [5, 5.41) is 3.15. The minimum atomic E-state index is -0.694. The molecule has 0 unspecified atom stereocenters. The Kier molecular flexibility index (Phi) is 5.28. The van der Waals surface area contributed by atoms with Gasteiger partial charge in [0.15, 0.2) is 17.4 Å². The van der Waals surface area contributed by atoms with E-state index in [0.29, 0.717) is 23.8 Å². The average molecular weight is 291 g/mol. The lowest BCUT2D eigenvalue weighted by Crippen LogP contribution is -2.19. The molecule has 0 atom stereocenters. The van der Waals surface area contributed by atoms with Crippen LogP contribution in [0, 0.1) is 17.6 Å². The van der Waals surface area contributed by atoms with Crippen LogP contribution in [0.2, 0.25) is 0 Å². The Bertz CT molecular complexity index is 562. The van der Waals surface area contributed by atoms with E-state index in [2.05, 4.69) is 19.2 Å². The highest BCUT2D eigenvalue weighted by Crippen LogP contribution is 2.28. The van der Waals surface area contributed by atoms with Crippen molar-refractivity contribution in [2.24, 2.45) is 5.92 Å². The first-order valence-electron chi connectivity index (χ1n) is 6.98. The van der Waals surface area contributed by atoms with Crippen LogP contribution < -0.4 is 10.1 Å². The molecule has 1 N–H and O–H groups in total. The maximum absolute atomic E-state index is 14.0. The van der Waals surface area contributed by atoms with Crippen molar-refractivity contribution in [3.63, 3.8) is 0 Å². The third-order valence-corrected chi connectivity index (χ3v) is 2.90. The summed E-state index contributed by atoms with van der Waals surface area (Å²) in [6.45, 7) is 5.37. The van der Waals surface area contributed by atoms with E-state index in [0.717, 1.165) is 6.54 Å². The monoisotopic (exact) mass is 291 g/mol. The van der Waals surface area contributed by atoms with Crippen molar-refractivity contribution < 1.29 is 13.5 Å². The van der Waals surface area contributed by atoms with Gasteiger partial charge in [-0.3, -0.25) is 0 Å². The summed E-state index contributed by atoms with van der Waals surface area (Å²) in [5.74, 6) is -0.865. The zero-order valence-electron chi connectivity index (χ0n) is 12.2. The van der Waals surface area contributed by atoms with Crippen LogP contribution in [-0.2, 0) is 6.54 Å². The number of ether oxygens (including phenoxy) is 1. The highest BCUT2D eigenvalue weighted by molar-refractivity contribution is 5.35.